The van der Waals surface area contributed by atoms with Gasteiger partial charge in [0.1, 0.15) is 0 Å². The van der Waals surface area contributed by atoms with Gasteiger partial charge in [-0.05, 0) is 64.8 Å². The fourth-order valence-electron chi connectivity index (χ4n) is 4.06. The van der Waals surface area contributed by atoms with Crippen LogP contribution in [0.1, 0.15) is 68.0 Å². The zero-order valence-corrected chi connectivity index (χ0v) is 18.0. The quantitative estimate of drug-likeness (QED) is 0.405. The van der Waals surface area contributed by atoms with E-state index in [9.17, 15) is 0 Å². The number of aliphatic imine (C=N–C) groups is 1. The van der Waals surface area contributed by atoms with Crippen LogP contribution in [-0.4, -0.2) is 54.6 Å². The lowest BCUT2D eigenvalue weighted by atomic mass is 10.0. The van der Waals surface area contributed by atoms with E-state index in [4.69, 9.17) is 9.98 Å². The Labute approximate surface area is 169 Å². The highest BCUT2D eigenvalue weighted by Crippen LogP contribution is 2.27. The van der Waals surface area contributed by atoms with Gasteiger partial charge in [0.05, 0.1) is 10.7 Å². The molecule has 0 atom stereocenters. The highest BCUT2D eigenvalue weighted by atomic mass is 32.1. The lowest BCUT2D eigenvalue weighted by Crippen LogP contribution is -2.48. The normalized spacial score (nSPS) is 19.1. The van der Waals surface area contributed by atoms with Crippen LogP contribution in [0, 0.1) is 0 Å². The van der Waals surface area contributed by atoms with Gasteiger partial charge in [-0.1, -0.05) is 6.92 Å². The van der Waals surface area contributed by atoms with E-state index in [-0.39, 0.29) is 0 Å². The number of rotatable bonds is 8. The van der Waals surface area contributed by atoms with Crippen LogP contribution >= 0.6 is 11.3 Å². The number of fused-ring (bicyclic) bond motifs is 1. The first-order valence-electron chi connectivity index (χ1n) is 11.0. The summed E-state index contributed by atoms with van der Waals surface area (Å²) in [6, 6.07) is 0.557. The lowest BCUT2D eigenvalue weighted by Gasteiger charge is -2.32. The van der Waals surface area contributed by atoms with Crippen LogP contribution in [0.15, 0.2) is 4.99 Å². The first-order chi connectivity index (χ1) is 13.3. The zero-order valence-electron chi connectivity index (χ0n) is 17.2. The number of nitrogens with zero attached hydrogens (tertiary/aromatic N) is 3. The summed E-state index contributed by atoms with van der Waals surface area (Å²) in [5.74, 6) is 0.991. The Morgan fingerprint density at radius 1 is 1.22 bits per heavy atom. The molecule has 0 unspecified atom stereocenters. The Hall–Kier alpha value is -1.14. The number of nitrogens with one attached hydrogen (secondary N) is 2. The Bertz CT molecular complexity index is 566. The zero-order chi connectivity index (χ0) is 18.9. The van der Waals surface area contributed by atoms with Gasteiger partial charge in [0.15, 0.2) is 5.96 Å². The van der Waals surface area contributed by atoms with Crippen LogP contribution in [-0.2, 0) is 19.3 Å². The van der Waals surface area contributed by atoms with Gasteiger partial charge in [0.25, 0.3) is 0 Å². The molecule has 0 amide bonds. The van der Waals surface area contributed by atoms with Crippen molar-refractivity contribution in [2.45, 2.75) is 77.7 Å². The van der Waals surface area contributed by atoms with Gasteiger partial charge in [0.2, 0.25) is 0 Å². The fourth-order valence-corrected chi connectivity index (χ4v) is 5.26. The van der Waals surface area contributed by atoms with E-state index in [1.165, 1.54) is 75.3 Å². The van der Waals surface area contributed by atoms with Crippen LogP contribution in [0.3, 0.4) is 0 Å². The van der Waals surface area contributed by atoms with E-state index in [1.54, 1.807) is 4.88 Å². The molecular weight excluding hydrogens is 354 g/mol. The first-order valence-corrected chi connectivity index (χ1v) is 11.8. The van der Waals surface area contributed by atoms with Crippen molar-refractivity contribution >= 4 is 17.3 Å². The second kappa shape index (κ2) is 11.0. The number of likely N-dealkylation sites (tertiary alicyclic amines) is 1. The molecule has 0 radical (unpaired) electrons. The fraction of sp³-hybridized carbons (Fsp3) is 0.810. The summed E-state index contributed by atoms with van der Waals surface area (Å²) in [7, 11) is 0. The number of aryl methyl sites for hydroxylation is 3. The molecule has 0 bridgehead atoms. The molecule has 1 aromatic heterocycles. The summed E-state index contributed by atoms with van der Waals surface area (Å²) in [6.45, 7) is 9.84. The van der Waals surface area contributed by atoms with Crippen molar-refractivity contribution in [2.24, 2.45) is 4.99 Å². The number of piperidine rings is 1. The highest BCUT2D eigenvalue weighted by Gasteiger charge is 2.19. The molecule has 5 nitrogen and oxygen atoms in total. The predicted octanol–water partition coefficient (Wildman–Crippen LogP) is 3.38. The third-order valence-electron chi connectivity index (χ3n) is 5.52. The number of aromatic nitrogens is 1. The van der Waals surface area contributed by atoms with Gasteiger partial charge < -0.3 is 15.5 Å². The van der Waals surface area contributed by atoms with Gasteiger partial charge in [-0.2, -0.15) is 0 Å². The Balaban J connectivity index is 1.41. The number of thiazole rings is 1. The van der Waals surface area contributed by atoms with E-state index in [0.717, 1.165) is 31.9 Å². The molecule has 1 saturated heterocycles. The summed E-state index contributed by atoms with van der Waals surface area (Å²) >= 11 is 1.94. The molecule has 1 aliphatic heterocycles. The molecule has 0 saturated carbocycles. The SMILES string of the molecule is CCCN1CCC(NC(=NCCCc2nc3c(s2)CCCC3)NCC)CC1. The summed E-state index contributed by atoms with van der Waals surface area (Å²) in [4.78, 5) is 13.8. The van der Waals surface area contributed by atoms with Crippen LogP contribution in [0.5, 0.6) is 0 Å². The van der Waals surface area contributed by atoms with Gasteiger partial charge in [-0.25, -0.2) is 4.98 Å². The maximum Gasteiger partial charge on any atom is 0.191 e. The molecule has 0 aromatic carbocycles. The van der Waals surface area contributed by atoms with Crippen LogP contribution in [0.25, 0.3) is 0 Å². The highest BCUT2D eigenvalue weighted by molar-refractivity contribution is 7.11. The third kappa shape index (κ3) is 6.46. The van der Waals surface area contributed by atoms with Crippen molar-refractivity contribution in [1.29, 1.82) is 0 Å². The molecule has 6 heteroatoms. The predicted molar refractivity (Wildman–Crippen MR) is 116 cm³/mol. The van der Waals surface area contributed by atoms with Crippen molar-refractivity contribution in [3.8, 4) is 0 Å². The van der Waals surface area contributed by atoms with Crippen molar-refractivity contribution < 1.29 is 0 Å². The molecule has 2 heterocycles. The summed E-state index contributed by atoms with van der Waals surface area (Å²) in [5, 5.41) is 8.39. The number of guanidine groups is 1. The van der Waals surface area contributed by atoms with E-state index in [0.29, 0.717) is 6.04 Å². The molecule has 1 fully saturated rings. The minimum Gasteiger partial charge on any atom is -0.357 e. The average molecular weight is 392 g/mol. The number of hydrogen-bond donors (Lipinski definition) is 2. The molecule has 2 aliphatic rings. The topological polar surface area (TPSA) is 52.5 Å². The maximum atomic E-state index is 4.85. The number of hydrogen-bond acceptors (Lipinski definition) is 4. The monoisotopic (exact) mass is 391 g/mol. The summed E-state index contributed by atoms with van der Waals surface area (Å²) in [5.41, 5.74) is 1.38. The molecule has 27 heavy (non-hydrogen) atoms. The molecule has 0 spiro atoms. The van der Waals surface area contributed by atoms with Gasteiger partial charge in [-0.3, -0.25) is 4.99 Å². The van der Waals surface area contributed by atoms with Crippen LogP contribution in [0.4, 0.5) is 0 Å². The van der Waals surface area contributed by atoms with Crippen molar-refractivity contribution in [3.05, 3.63) is 15.6 Å². The summed E-state index contributed by atoms with van der Waals surface area (Å²) in [6.07, 6.45) is 10.9. The molecule has 152 valence electrons. The maximum absolute atomic E-state index is 4.85. The molecule has 1 aromatic rings. The third-order valence-corrected chi connectivity index (χ3v) is 6.74. The minimum atomic E-state index is 0.557. The van der Waals surface area contributed by atoms with Gasteiger partial charge in [-0.15, -0.1) is 11.3 Å². The Morgan fingerprint density at radius 2 is 2.04 bits per heavy atom. The lowest BCUT2D eigenvalue weighted by molar-refractivity contribution is 0.206. The molecule has 1 aliphatic carbocycles. The first kappa shape index (κ1) is 20.6. The largest absolute Gasteiger partial charge is 0.357 e. The molecule has 3 rings (SSSR count). The van der Waals surface area contributed by atoms with Crippen LogP contribution < -0.4 is 10.6 Å². The smallest absolute Gasteiger partial charge is 0.191 e. The van der Waals surface area contributed by atoms with Crippen LogP contribution in [0.2, 0.25) is 0 Å². The van der Waals surface area contributed by atoms with Crippen molar-refractivity contribution in [3.63, 3.8) is 0 Å². The van der Waals surface area contributed by atoms with E-state index in [1.807, 2.05) is 11.3 Å². The Morgan fingerprint density at radius 3 is 2.78 bits per heavy atom. The van der Waals surface area contributed by atoms with E-state index < -0.39 is 0 Å². The standard InChI is InChI=1S/C21H37N5S/c1-3-14-26-15-11-17(12-16-26)24-21(22-4-2)23-13-7-10-20-25-18-8-5-6-9-19(18)27-20/h17H,3-16H2,1-2H3,(H2,22,23,24). The van der Waals surface area contributed by atoms with Crippen molar-refractivity contribution in [1.82, 2.24) is 20.5 Å². The van der Waals surface area contributed by atoms with E-state index >= 15 is 0 Å². The Kier molecular flexibility index (Phi) is 8.39. The molecule has 2 N–H and O–H groups in total. The van der Waals surface area contributed by atoms with E-state index in [2.05, 4.69) is 29.4 Å². The second-order valence-corrected chi connectivity index (χ2v) is 8.98. The van der Waals surface area contributed by atoms with Gasteiger partial charge in [0, 0.05) is 43.5 Å². The second-order valence-electron chi connectivity index (χ2n) is 7.81. The van der Waals surface area contributed by atoms with Crippen molar-refractivity contribution in [2.75, 3.05) is 32.7 Å². The van der Waals surface area contributed by atoms with Gasteiger partial charge >= 0.3 is 0 Å². The average Bonchev–Trinajstić information content (AvgIpc) is 3.10. The summed E-state index contributed by atoms with van der Waals surface area (Å²) < 4.78 is 0. The minimum absolute atomic E-state index is 0.557. The molecular formula is C21H37N5S.